The standard InChI is InChI=1S/C10H20N4O/c1-9(8-15-3)13(2)4-5-14-7-10(11)6-12-14/h6-7,9H,4-5,8,11H2,1-3H3. The molecule has 0 fully saturated rings. The van der Waals surface area contributed by atoms with Gasteiger partial charge in [0.1, 0.15) is 0 Å². The maximum atomic E-state index is 5.58. The Kier molecular flexibility index (Phi) is 4.58. The van der Waals surface area contributed by atoms with Gasteiger partial charge in [0.15, 0.2) is 0 Å². The molecule has 0 aliphatic rings. The van der Waals surface area contributed by atoms with Crippen LogP contribution in [0.1, 0.15) is 6.92 Å². The summed E-state index contributed by atoms with van der Waals surface area (Å²) in [5.74, 6) is 0. The van der Waals surface area contributed by atoms with Crippen LogP contribution >= 0.6 is 0 Å². The van der Waals surface area contributed by atoms with Gasteiger partial charge in [0, 0.05) is 25.9 Å². The first-order valence-electron chi connectivity index (χ1n) is 5.10. The van der Waals surface area contributed by atoms with Crippen LogP contribution in [0.2, 0.25) is 0 Å². The second-order valence-electron chi connectivity index (χ2n) is 3.82. The lowest BCUT2D eigenvalue weighted by Crippen LogP contribution is -2.35. The molecule has 5 heteroatoms. The van der Waals surface area contributed by atoms with Crippen LogP contribution in [0.5, 0.6) is 0 Å². The summed E-state index contributed by atoms with van der Waals surface area (Å²) in [6.07, 6.45) is 3.51. The number of methoxy groups -OCH3 is 1. The second-order valence-corrected chi connectivity index (χ2v) is 3.82. The number of likely N-dealkylation sites (N-methyl/N-ethyl adjacent to an activating group) is 1. The van der Waals surface area contributed by atoms with Gasteiger partial charge in [0.25, 0.3) is 0 Å². The Morgan fingerprint density at radius 3 is 2.93 bits per heavy atom. The number of nitrogens with two attached hydrogens (primary N) is 1. The van der Waals surface area contributed by atoms with Crippen LogP contribution in [0, 0.1) is 0 Å². The first kappa shape index (κ1) is 12.0. The number of hydrogen-bond donors (Lipinski definition) is 1. The summed E-state index contributed by atoms with van der Waals surface area (Å²) in [5.41, 5.74) is 6.29. The topological polar surface area (TPSA) is 56.3 Å². The molecule has 5 nitrogen and oxygen atoms in total. The summed E-state index contributed by atoms with van der Waals surface area (Å²) in [7, 11) is 3.80. The lowest BCUT2D eigenvalue weighted by Gasteiger charge is -2.23. The Morgan fingerprint density at radius 1 is 1.67 bits per heavy atom. The number of hydrogen-bond acceptors (Lipinski definition) is 4. The molecule has 0 aliphatic heterocycles. The third-order valence-electron chi connectivity index (χ3n) is 2.50. The van der Waals surface area contributed by atoms with Crippen molar-refractivity contribution in [1.82, 2.24) is 14.7 Å². The lowest BCUT2D eigenvalue weighted by molar-refractivity contribution is 0.113. The molecule has 1 unspecified atom stereocenters. The van der Waals surface area contributed by atoms with E-state index in [-0.39, 0.29) is 0 Å². The number of rotatable bonds is 6. The largest absolute Gasteiger partial charge is 0.396 e. The van der Waals surface area contributed by atoms with Gasteiger partial charge in [-0.15, -0.1) is 0 Å². The second kappa shape index (κ2) is 5.72. The highest BCUT2D eigenvalue weighted by molar-refractivity contribution is 5.30. The van der Waals surface area contributed by atoms with E-state index in [1.165, 1.54) is 0 Å². The molecule has 1 rings (SSSR count). The average molecular weight is 212 g/mol. The summed E-state index contributed by atoms with van der Waals surface area (Å²) in [6, 6.07) is 0.419. The lowest BCUT2D eigenvalue weighted by atomic mass is 10.3. The van der Waals surface area contributed by atoms with Crippen LogP contribution in [0.15, 0.2) is 12.4 Å². The van der Waals surface area contributed by atoms with E-state index >= 15 is 0 Å². The van der Waals surface area contributed by atoms with Crippen LogP contribution in [0.4, 0.5) is 5.69 Å². The molecule has 0 saturated carbocycles. The van der Waals surface area contributed by atoms with Crippen molar-refractivity contribution < 1.29 is 4.74 Å². The predicted octanol–water partition coefficient (Wildman–Crippen LogP) is 0.432. The highest BCUT2D eigenvalue weighted by Gasteiger charge is 2.08. The van der Waals surface area contributed by atoms with Crippen molar-refractivity contribution in [3.05, 3.63) is 12.4 Å². The first-order chi connectivity index (χ1) is 7.13. The fourth-order valence-corrected chi connectivity index (χ4v) is 1.35. The van der Waals surface area contributed by atoms with Crippen molar-refractivity contribution in [3.8, 4) is 0 Å². The Balaban J connectivity index is 2.30. The number of ether oxygens (including phenoxy) is 1. The van der Waals surface area contributed by atoms with E-state index in [1.54, 1.807) is 13.3 Å². The average Bonchev–Trinajstić information content (AvgIpc) is 2.61. The molecule has 0 aromatic carbocycles. The van der Waals surface area contributed by atoms with Crippen LogP contribution in [-0.4, -0.2) is 48.0 Å². The Bertz CT molecular complexity index is 287. The van der Waals surface area contributed by atoms with Gasteiger partial charge in [-0.05, 0) is 14.0 Å². The van der Waals surface area contributed by atoms with E-state index in [0.29, 0.717) is 11.7 Å². The van der Waals surface area contributed by atoms with E-state index in [4.69, 9.17) is 10.5 Å². The van der Waals surface area contributed by atoms with Crippen LogP contribution in [-0.2, 0) is 11.3 Å². The van der Waals surface area contributed by atoms with E-state index in [9.17, 15) is 0 Å². The molecule has 86 valence electrons. The molecule has 1 aromatic heterocycles. The van der Waals surface area contributed by atoms with Crippen molar-refractivity contribution in [1.29, 1.82) is 0 Å². The fourth-order valence-electron chi connectivity index (χ4n) is 1.35. The van der Waals surface area contributed by atoms with Gasteiger partial charge in [0.05, 0.1) is 25.0 Å². The highest BCUT2D eigenvalue weighted by Crippen LogP contribution is 2.00. The van der Waals surface area contributed by atoms with Crippen LogP contribution in [0.3, 0.4) is 0 Å². The van der Waals surface area contributed by atoms with E-state index < -0.39 is 0 Å². The normalized spacial score (nSPS) is 13.3. The minimum absolute atomic E-state index is 0.419. The third-order valence-corrected chi connectivity index (χ3v) is 2.50. The van der Waals surface area contributed by atoms with Crippen molar-refractivity contribution in [2.24, 2.45) is 0 Å². The van der Waals surface area contributed by atoms with E-state index in [1.807, 2.05) is 10.9 Å². The predicted molar refractivity (Wildman–Crippen MR) is 60.6 cm³/mol. The van der Waals surface area contributed by atoms with E-state index in [0.717, 1.165) is 19.7 Å². The van der Waals surface area contributed by atoms with Gasteiger partial charge >= 0.3 is 0 Å². The molecule has 2 N–H and O–H groups in total. The summed E-state index contributed by atoms with van der Waals surface area (Å²) >= 11 is 0. The summed E-state index contributed by atoms with van der Waals surface area (Å²) in [5, 5.41) is 4.13. The number of anilines is 1. The van der Waals surface area contributed by atoms with Crippen LogP contribution in [0.25, 0.3) is 0 Å². The molecule has 0 radical (unpaired) electrons. The quantitative estimate of drug-likeness (QED) is 0.743. The van der Waals surface area contributed by atoms with Gasteiger partial charge < -0.3 is 10.5 Å². The van der Waals surface area contributed by atoms with Gasteiger partial charge in [-0.2, -0.15) is 5.10 Å². The Morgan fingerprint density at radius 2 is 2.40 bits per heavy atom. The zero-order chi connectivity index (χ0) is 11.3. The molecular weight excluding hydrogens is 192 g/mol. The SMILES string of the molecule is COCC(C)N(C)CCn1cc(N)cn1. The summed E-state index contributed by atoms with van der Waals surface area (Å²) in [4.78, 5) is 2.24. The molecule has 1 atom stereocenters. The van der Waals surface area contributed by atoms with Crippen LogP contribution < -0.4 is 5.73 Å². The molecule has 0 aliphatic carbocycles. The minimum atomic E-state index is 0.419. The van der Waals surface area contributed by atoms with Gasteiger partial charge in [0.2, 0.25) is 0 Å². The third kappa shape index (κ3) is 3.89. The molecule has 0 spiro atoms. The summed E-state index contributed by atoms with van der Waals surface area (Å²) in [6.45, 7) is 4.67. The first-order valence-corrected chi connectivity index (χ1v) is 5.10. The van der Waals surface area contributed by atoms with E-state index in [2.05, 4.69) is 24.0 Å². The monoisotopic (exact) mass is 212 g/mol. The smallest absolute Gasteiger partial charge is 0.0719 e. The Labute approximate surface area is 90.8 Å². The molecule has 0 amide bonds. The maximum Gasteiger partial charge on any atom is 0.0719 e. The summed E-state index contributed by atoms with van der Waals surface area (Å²) < 4.78 is 6.95. The van der Waals surface area contributed by atoms with Crippen molar-refractivity contribution in [2.45, 2.75) is 19.5 Å². The minimum Gasteiger partial charge on any atom is -0.396 e. The van der Waals surface area contributed by atoms with Gasteiger partial charge in [-0.1, -0.05) is 0 Å². The number of aromatic nitrogens is 2. The maximum absolute atomic E-state index is 5.58. The molecular formula is C10H20N4O. The molecule has 0 bridgehead atoms. The fraction of sp³-hybridized carbons (Fsp3) is 0.700. The van der Waals surface area contributed by atoms with Gasteiger partial charge in [-0.3, -0.25) is 9.58 Å². The Hall–Kier alpha value is -1.07. The number of nitrogens with zero attached hydrogens (tertiary/aromatic N) is 3. The highest BCUT2D eigenvalue weighted by atomic mass is 16.5. The van der Waals surface area contributed by atoms with Crippen molar-refractivity contribution in [2.75, 3.05) is 33.0 Å². The number of nitrogen functional groups attached to an aromatic ring is 1. The van der Waals surface area contributed by atoms with Gasteiger partial charge in [-0.25, -0.2) is 0 Å². The molecule has 0 saturated heterocycles. The molecule has 1 heterocycles. The molecule has 1 aromatic rings. The van der Waals surface area contributed by atoms with Crippen molar-refractivity contribution >= 4 is 5.69 Å². The molecule has 15 heavy (non-hydrogen) atoms. The zero-order valence-corrected chi connectivity index (χ0v) is 9.68. The van der Waals surface area contributed by atoms with Crippen molar-refractivity contribution in [3.63, 3.8) is 0 Å². The zero-order valence-electron chi connectivity index (χ0n) is 9.68.